The van der Waals surface area contributed by atoms with E-state index in [4.69, 9.17) is 14.2 Å². The van der Waals surface area contributed by atoms with Crippen molar-refractivity contribution in [3.05, 3.63) is 34.9 Å². The molecule has 2 aliphatic heterocycles. The number of carbonyl (C=O) groups excluding carboxylic acids is 3. The lowest BCUT2D eigenvalue weighted by Crippen LogP contribution is -2.48. The molecule has 152 valence electrons. The van der Waals surface area contributed by atoms with Crippen LogP contribution in [-0.2, 0) is 14.2 Å². The molecule has 0 spiro atoms. The van der Waals surface area contributed by atoms with Crippen LogP contribution in [0.4, 0.5) is 0 Å². The summed E-state index contributed by atoms with van der Waals surface area (Å²) in [6.45, 7) is 1.75. The number of amides is 3. The third-order valence-electron chi connectivity index (χ3n) is 5.50. The average Bonchev–Trinajstić information content (AvgIpc) is 2.97. The monoisotopic (exact) mass is 390 g/mol. The number of imide groups is 1. The van der Waals surface area contributed by atoms with Gasteiger partial charge < -0.3 is 19.1 Å². The fourth-order valence-electron chi connectivity index (χ4n) is 3.72. The fraction of sp³-hybridized carbons (Fsp3) is 0.550. The summed E-state index contributed by atoms with van der Waals surface area (Å²) >= 11 is 0. The molecule has 0 aliphatic carbocycles. The molecule has 0 bridgehead atoms. The van der Waals surface area contributed by atoms with Crippen molar-refractivity contribution in [2.45, 2.75) is 25.0 Å². The molecule has 0 aromatic heterocycles. The Morgan fingerprint density at radius 2 is 1.68 bits per heavy atom. The van der Waals surface area contributed by atoms with E-state index >= 15 is 0 Å². The van der Waals surface area contributed by atoms with Crippen molar-refractivity contribution >= 4 is 17.7 Å². The molecule has 1 aromatic rings. The number of hydrogen-bond donors (Lipinski definition) is 0. The largest absolute Gasteiger partial charge is 0.385 e. The number of ether oxygens (including phenoxy) is 3. The Hall–Kier alpha value is -2.29. The summed E-state index contributed by atoms with van der Waals surface area (Å²) in [5, 5.41) is 0. The van der Waals surface area contributed by atoms with E-state index in [1.165, 1.54) is 11.0 Å². The van der Waals surface area contributed by atoms with Gasteiger partial charge in [-0.15, -0.1) is 0 Å². The van der Waals surface area contributed by atoms with E-state index in [2.05, 4.69) is 0 Å². The highest BCUT2D eigenvalue weighted by Crippen LogP contribution is 2.29. The first kappa shape index (κ1) is 20.4. The second-order valence-corrected chi connectivity index (χ2v) is 6.98. The molecule has 0 unspecified atom stereocenters. The fourth-order valence-corrected chi connectivity index (χ4v) is 3.72. The minimum absolute atomic E-state index is 0.165. The summed E-state index contributed by atoms with van der Waals surface area (Å²) in [4.78, 5) is 40.9. The Kier molecular flexibility index (Phi) is 6.12. The lowest BCUT2D eigenvalue weighted by molar-refractivity contribution is -0.226. The van der Waals surface area contributed by atoms with Gasteiger partial charge in [-0.25, -0.2) is 0 Å². The Labute approximate surface area is 164 Å². The van der Waals surface area contributed by atoms with E-state index in [0.717, 1.165) is 0 Å². The van der Waals surface area contributed by atoms with Crippen LogP contribution in [-0.4, -0.2) is 80.9 Å². The van der Waals surface area contributed by atoms with Gasteiger partial charge >= 0.3 is 0 Å². The predicted molar refractivity (Wildman–Crippen MR) is 100 cm³/mol. The maximum Gasteiger partial charge on any atom is 0.261 e. The van der Waals surface area contributed by atoms with Crippen molar-refractivity contribution in [1.29, 1.82) is 0 Å². The van der Waals surface area contributed by atoms with Gasteiger partial charge in [0.25, 0.3) is 17.7 Å². The van der Waals surface area contributed by atoms with Crippen LogP contribution < -0.4 is 0 Å². The van der Waals surface area contributed by atoms with Crippen molar-refractivity contribution < 1.29 is 28.6 Å². The number of fused-ring (bicyclic) bond motifs is 1. The summed E-state index contributed by atoms with van der Waals surface area (Å²) < 4.78 is 15.9. The minimum Gasteiger partial charge on any atom is -0.385 e. The topological polar surface area (TPSA) is 85.4 Å². The van der Waals surface area contributed by atoms with Crippen molar-refractivity contribution in [1.82, 2.24) is 9.80 Å². The number of piperidine rings is 1. The van der Waals surface area contributed by atoms with Gasteiger partial charge in [-0.1, -0.05) is 0 Å². The van der Waals surface area contributed by atoms with E-state index in [-0.39, 0.29) is 23.3 Å². The number of rotatable bonds is 7. The quantitative estimate of drug-likeness (QED) is 0.399. The maximum absolute atomic E-state index is 12.9. The molecule has 0 atom stereocenters. The Bertz CT molecular complexity index is 764. The molecule has 3 rings (SSSR count). The highest BCUT2D eigenvalue weighted by molar-refractivity contribution is 6.22. The molecule has 8 nitrogen and oxygen atoms in total. The van der Waals surface area contributed by atoms with Crippen LogP contribution in [0.5, 0.6) is 0 Å². The molecule has 1 aromatic carbocycles. The van der Waals surface area contributed by atoms with Gasteiger partial charge in [0.1, 0.15) is 0 Å². The second-order valence-electron chi connectivity index (χ2n) is 6.98. The van der Waals surface area contributed by atoms with Crippen LogP contribution in [0.3, 0.4) is 0 Å². The van der Waals surface area contributed by atoms with Crippen LogP contribution in [0.25, 0.3) is 0 Å². The first-order valence-corrected chi connectivity index (χ1v) is 9.35. The Morgan fingerprint density at radius 3 is 2.29 bits per heavy atom. The number of likely N-dealkylation sites (tertiary alicyclic amines) is 1. The molecule has 0 saturated carbocycles. The lowest BCUT2D eigenvalue weighted by atomic mass is 10.0. The molecule has 1 fully saturated rings. The zero-order chi connectivity index (χ0) is 20.3. The van der Waals surface area contributed by atoms with E-state index in [1.807, 2.05) is 0 Å². The third-order valence-corrected chi connectivity index (χ3v) is 5.50. The summed E-state index contributed by atoms with van der Waals surface area (Å²) in [6.07, 6.45) is 1.71. The van der Waals surface area contributed by atoms with E-state index in [0.29, 0.717) is 56.6 Å². The standard InChI is InChI=1S/C20H26N2O6/c1-26-12-4-9-22-18(24)15-6-5-14(13-16(15)19(22)25)17(23)21-10-7-20(27-2,28-3)8-11-21/h5-6,13H,4,7-12H2,1-3H3. The van der Waals surface area contributed by atoms with Crippen LogP contribution in [0, 0.1) is 0 Å². The Morgan fingerprint density at radius 1 is 1.04 bits per heavy atom. The molecule has 3 amide bonds. The van der Waals surface area contributed by atoms with Crippen molar-refractivity contribution in [3.8, 4) is 0 Å². The average molecular weight is 390 g/mol. The van der Waals surface area contributed by atoms with Gasteiger partial charge in [-0.2, -0.15) is 0 Å². The van der Waals surface area contributed by atoms with Crippen molar-refractivity contribution in [2.75, 3.05) is 47.6 Å². The molecule has 2 heterocycles. The molecule has 8 heteroatoms. The number of carbonyl (C=O) groups is 3. The number of nitrogens with zero attached hydrogens (tertiary/aromatic N) is 2. The van der Waals surface area contributed by atoms with Crippen LogP contribution >= 0.6 is 0 Å². The smallest absolute Gasteiger partial charge is 0.261 e. The molecular formula is C20H26N2O6. The van der Waals surface area contributed by atoms with E-state index < -0.39 is 5.79 Å². The second kappa shape index (κ2) is 8.38. The van der Waals surface area contributed by atoms with Crippen molar-refractivity contribution in [2.24, 2.45) is 0 Å². The van der Waals surface area contributed by atoms with Crippen LogP contribution in [0.2, 0.25) is 0 Å². The van der Waals surface area contributed by atoms with Crippen LogP contribution in [0.15, 0.2) is 18.2 Å². The first-order chi connectivity index (χ1) is 13.5. The molecule has 1 saturated heterocycles. The lowest BCUT2D eigenvalue weighted by Gasteiger charge is -2.39. The van der Waals surface area contributed by atoms with Gasteiger partial charge in [0, 0.05) is 66.0 Å². The molecule has 0 N–H and O–H groups in total. The first-order valence-electron chi connectivity index (χ1n) is 9.35. The zero-order valence-corrected chi connectivity index (χ0v) is 16.5. The molecule has 28 heavy (non-hydrogen) atoms. The highest BCUT2D eigenvalue weighted by Gasteiger charge is 2.38. The van der Waals surface area contributed by atoms with Gasteiger partial charge in [0.2, 0.25) is 0 Å². The SMILES string of the molecule is COCCCN1C(=O)c2ccc(C(=O)N3CCC(OC)(OC)CC3)cc2C1=O. The van der Waals surface area contributed by atoms with Crippen molar-refractivity contribution in [3.63, 3.8) is 0 Å². The van der Waals surface area contributed by atoms with E-state index in [9.17, 15) is 14.4 Å². The summed E-state index contributed by atoms with van der Waals surface area (Å²) in [5.74, 6) is -1.50. The predicted octanol–water partition coefficient (Wildman–Crippen LogP) is 1.54. The normalized spacial score (nSPS) is 18.5. The van der Waals surface area contributed by atoms with E-state index in [1.54, 1.807) is 38.4 Å². The number of benzene rings is 1. The summed E-state index contributed by atoms with van der Waals surface area (Å²) in [5.41, 5.74) is 1.03. The van der Waals surface area contributed by atoms with Gasteiger partial charge in [0.15, 0.2) is 5.79 Å². The summed E-state index contributed by atoms with van der Waals surface area (Å²) in [6, 6.07) is 4.71. The minimum atomic E-state index is -0.653. The molecular weight excluding hydrogens is 364 g/mol. The highest BCUT2D eigenvalue weighted by atomic mass is 16.7. The molecule has 2 aliphatic rings. The number of hydrogen-bond acceptors (Lipinski definition) is 6. The summed E-state index contributed by atoms with van der Waals surface area (Å²) in [7, 11) is 4.77. The Balaban J connectivity index is 1.72. The van der Waals surface area contributed by atoms with Crippen LogP contribution in [0.1, 0.15) is 50.3 Å². The maximum atomic E-state index is 12.9. The van der Waals surface area contributed by atoms with Gasteiger partial charge in [0.05, 0.1) is 11.1 Å². The molecule has 0 radical (unpaired) electrons. The zero-order valence-electron chi connectivity index (χ0n) is 16.5. The third kappa shape index (κ3) is 3.67. The number of methoxy groups -OCH3 is 3. The van der Waals surface area contributed by atoms with Gasteiger partial charge in [-0.05, 0) is 24.6 Å². The van der Waals surface area contributed by atoms with Gasteiger partial charge in [-0.3, -0.25) is 19.3 Å².